The predicted octanol–water partition coefficient (Wildman–Crippen LogP) is 5.99. The highest BCUT2D eigenvalue weighted by molar-refractivity contribution is 9.09. The normalized spacial score (nSPS) is 17.1. The van der Waals surface area contributed by atoms with Gasteiger partial charge in [0.05, 0.1) is 5.02 Å². The third kappa shape index (κ3) is 3.36. The summed E-state index contributed by atoms with van der Waals surface area (Å²) in [4.78, 5) is 0. The Bertz CT molecular complexity index is 426. The topological polar surface area (TPSA) is 0 Å². The number of hydrogen-bond donors (Lipinski definition) is 0. The Labute approximate surface area is 136 Å². The van der Waals surface area contributed by atoms with Crippen molar-refractivity contribution in [2.45, 2.75) is 32.1 Å². The van der Waals surface area contributed by atoms with Gasteiger partial charge in [0.2, 0.25) is 0 Å². The molecule has 4 heteroatoms. The molecular formula is C15H18Br2ClF. The van der Waals surface area contributed by atoms with Crippen LogP contribution in [0, 0.1) is 17.2 Å². The molecule has 0 spiro atoms. The fourth-order valence-electron chi connectivity index (χ4n) is 3.10. The average Bonchev–Trinajstić information content (AvgIpc) is 2.95. The molecule has 0 unspecified atom stereocenters. The van der Waals surface area contributed by atoms with Gasteiger partial charge in [0.1, 0.15) is 5.82 Å². The lowest BCUT2D eigenvalue weighted by Gasteiger charge is -2.36. The molecule has 0 nitrogen and oxygen atoms in total. The highest BCUT2D eigenvalue weighted by Gasteiger charge is 2.39. The number of alkyl halides is 2. The van der Waals surface area contributed by atoms with Gasteiger partial charge >= 0.3 is 0 Å². The van der Waals surface area contributed by atoms with Gasteiger partial charge in [-0.15, -0.1) is 0 Å². The molecule has 1 aliphatic carbocycles. The summed E-state index contributed by atoms with van der Waals surface area (Å²) in [6.07, 6.45) is 5.83. The lowest BCUT2D eigenvalue weighted by Crippen LogP contribution is -2.35. The minimum atomic E-state index is -0.256. The maximum absolute atomic E-state index is 14.1. The number of rotatable bonds is 5. The SMILES string of the molecule is Fc1c(Cl)cccc1CC(CBr)(CBr)C1CCCC1. The molecule has 0 aromatic heterocycles. The van der Waals surface area contributed by atoms with Crippen molar-refractivity contribution in [1.82, 2.24) is 0 Å². The Morgan fingerprint density at radius 1 is 1.21 bits per heavy atom. The van der Waals surface area contributed by atoms with Gasteiger partial charge in [0.25, 0.3) is 0 Å². The maximum Gasteiger partial charge on any atom is 0.144 e. The van der Waals surface area contributed by atoms with Crippen molar-refractivity contribution in [3.8, 4) is 0 Å². The molecule has 0 radical (unpaired) electrons. The van der Waals surface area contributed by atoms with Crippen molar-refractivity contribution in [2.24, 2.45) is 11.3 Å². The first kappa shape index (κ1) is 15.8. The third-order valence-corrected chi connectivity index (χ3v) is 6.85. The molecule has 1 saturated carbocycles. The lowest BCUT2D eigenvalue weighted by molar-refractivity contribution is 0.230. The molecule has 0 aliphatic heterocycles. The van der Waals surface area contributed by atoms with E-state index in [0.717, 1.165) is 22.6 Å². The molecule has 0 N–H and O–H groups in total. The minimum Gasteiger partial charge on any atom is -0.205 e. The van der Waals surface area contributed by atoms with Crippen molar-refractivity contribution in [3.05, 3.63) is 34.6 Å². The zero-order valence-electron chi connectivity index (χ0n) is 10.8. The number of benzene rings is 1. The lowest BCUT2D eigenvalue weighted by atomic mass is 9.73. The number of hydrogen-bond acceptors (Lipinski definition) is 0. The molecule has 0 heterocycles. The zero-order valence-corrected chi connectivity index (χ0v) is 14.7. The van der Waals surface area contributed by atoms with Crippen LogP contribution in [0.15, 0.2) is 18.2 Å². The van der Waals surface area contributed by atoms with Crippen molar-refractivity contribution in [1.29, 1.82) is 0 Å². The Morgan fingerprint density at radius 3 is 2.42 bits per heavy atom. The van der Waals surface area contributed by atoms with Crippen molar-refractivity contribution < 1.29 is 4.39 Å². The Kier molecular flexibility index (Phi) is 5.74. The minimum absolute atomic E-state index is 0.0853. The third-order valence-electron chi connectivity index (χ3n) is 4.33. The zero-order chi connectivity index (χ0) is 13.9. The van der Waals surface area contributed by atoms with Crippen molar-refractivity contribution in [3.63, 3.8) is 0 Å². The van der Waals surface area contributed by atoms with Crippen molar-refractivity contribution in [2.75, 3.05) is 10.7 Å². The molecule has 2 rings (SSSR count). The van der Waals surface area contributed by atoms with Gasteiger partial charge in [0, 0.05) is 10.7 Å². The van der Waals surface area contributed by atoms with Crippen LogP contribution >= 0.6 is 43.5 Å². The first-order valence-electron chi connectivity index (χ1n) is 6.68. The first-order valence-corrected chi connectivity index (χ1v) is 9.30. The molecule has 0 bridgehead atoms. The highest BCUT2D eigenvalue weighted by Crippen LogP contribution is 2.45. The summed E-state index contributed by atoms with van der Waals surface area (Å²) in [5.41, 5.74) is 0.820. The highest BCUT2D eigenvalue weighted by atomic mass is 79.9. The van der Waals surface area contributed by atoms with Gasteiger partial charge in [-0.2, -0.15) is 0 Å². The van der Waals surface area contributed by atoms with E-state index in [1.54, 1.807) is 6.07 Å². The monoisotopic (exact) mass is 410 g/mol. The van der Waals surface area contributed by atoms with Crippen LogP contribution in [0.2, 0.25) is 5.02 Å². The largest absolute Gasteiger partial charge is 0.205 e. The van der Waals surface area contributed by atoms with E-state index in [4.69, 9.17) is 11.6 Å². The van der Waals surface area contributed by atoms with Crippen molar-refractivity contribution >= 4 is 43.5 Å². The maximum atomic E-state index is 14.1. The van der Waals surface area contributed by atoms with Gasteiger partial charge in [0.15, 0.2) is 0 Å². The second-order valence-electron chi connectivity index (χ2n) is 5.50. The standard InChI is InChI=1S/C15H18Br2ClF/c16-9-15(10-17,12-5-1-2-6-12)8-11-4-3-7-13(18)14(11)19/h3-4,7,12H,1-2,5-6,8-10H2. The van der Waals surface area contributed by atoms with E-state index in [0.29, 0.717) is 5.92 Å². The quantitative estimate of drug-likeness (QED) is 0.521. The molecule has 0 atom stereocenters. The fourth-order valence-corrected chi connectivity index (χ4v) is 5.53. The Hall–Kier alpha value is 0.400. The molecule has 1 aromatic carbocycles. The van der Waals surface area contributed by atoms with Gasteiger partial charge in [-0.05, 0) is 42.2 Å². The molecule has 1 fully saturated rings. The molecule has 1 aromatic rings. The van der Waals surface area contributed by atoms with Crippen LogP contribution in [0.5, 0.6) is 0 Å². The molecule has 0 amide bonds. The van der Waals surface area contributed by atoms with Crippen LogP contribution in [0.25, 0.3) is 0 Å². The average molecular weight is 413 g/mol. The fraction of sp³-hybridized carbons (Fsp3) is 0.600. The summed E-state index contributed by atoms with van der Waals surface area (Å²) >= 11 is 13.2. The summed E-state index contributed by atoms with van der Waals surface area (Å²) in [5, 5.41) is 2.01. The van der Waals surface area contributed by atoms with Crippen LogP contribution in [0.3, 0.4) is 0 Å². The molecular weight excluding hydrogens is 394 g/mol. The van der Waals surface area contributed by atoms with Gasteiger partial charge in [-0.3, -0.25) is 0 Å². The molecule has 106 valence electrons. The van der Waals surface area contributed by atoms with Crippen LogP contribution in [-0.2, 0) is 6.42 Å². The van der Waals surface area contributed by atoms with Crippen LogP contribution in [-0.4, -0.2) is 10.7 Å². The predicted molar refractivity (Wildman–Crippen MR) is 87.1 cm³/mol. The Balaban J connectivity index is 2.27. The second-order valence-corrected chi connectivity index (χ2v) is 7.03. The van der Waals surface area contributed by atoms with Gasteiger partial charge in [-0.25, -0.2) is 4.39 Å². The summed E-state index contributed by atoms with van der Waals surface area (Å²) in [6, 6.07) is 5.30. The van der Waals surface area contributed by atoms with Crippen LogP contribution < -0.4 is 0 Å². The number of halogens is 4. The van der Waals surface area contributed by atoms with E-state index in [2.05, 4.69) is 31.9 Å². The molecule has 19 heavy (non-hydrogen) atoms. The first-order chi connectivity index (χ1) is 9.13. The van der Waals surface area contributed by atoms with E-state index < -0.39 is 0 Å². The van der Waals surface area contributed by atoms with E-state index >= 15 is 0 Å². The van der Waals surface area contributed by atoms with E-state index in [1.165, 1.54) is 25.7 Å². The molecule has 0 saturated heterocycles. The van der Waals surface area contributed by atoms with Gasteiger partial charge in [-0.1, -0.05) is 68.4 Å². The summed E-state index contributed by atoms with van der Waals surface area (Å²) in [5.74, 6) is 0.401. The summed E-state index contributed by atoms with van der Waals surface area (Å²) < 4.78 is 14.1. The molecule has 1 aliphatic rings. The van der Waals surface area contributed by atoms with Crippen LogP contribution in [0.4, 0.5) is 4.39 Å². The smallest absolute Gasteiger partial charge is 0.144 e. The summed E-state index contributed by atoms with van der Waals surface area (Å²) in [7, 11) is 0. The summed E-state index contributed by atoms with van der Waals surface area (Å²) in [6.45, 7) is 0. The van der Waals surface area contributed by atoms with E-state index in [-0.39, 0.29) is 16.3 Å². The van der Waals surface area contributed by atoms with E-state index in [9.17, 15) is 4.39 Å². The van der Waals surface area contributed by atoms with Crippen LogP contribution in [0.1, 0.15) is 31.2 Å². The Morgan fingerprint density at radius 2 is 1.84 bits per heavy atom. The van der Waals surface area contributed by atoms with Gasteiger partial charge < -0.3 is 0 Å². The second kappa shape index (κ2) is 6.91. The van der Waals surface area contributed by atoms with E-state index in [1.807, 2.05) is 12.1 Å².